The topological polar surface area (TPSA) is 108 Å². The molecule has 0 spiro atoms. The third kappa shape index (κ3) is 9.88. The maximum atomic E-state index is 14.5. The number of amides is 3. The van der Waals surface area contributed by atoms with Crippen molar-refractivity contribution in [3.63, 3.8) is 0 Å². The normalized spacial score (nSPS) is 14.4. The minimum atomic E-state index is -1.01. The van der Waals surface area contributed by atoms with Gasteiger partial charge in [-0.05, 0) is 77.6 Å². The molecule has 0 heterocycles. The van der Waals surface area contributed by atoms with Gasteiger partial charge in [0, 0.05) is 18.5 Å². The third-order valence-corrected chi connectivity index (χ3v) is 6.68. The first-order valence-electron chi connectivity index (χ1n) is 14.2. The highest BCUT2D eigenvalue weighted by Gasteiger charge is 2.39. The summed E-state index contributed by atoms with van der Waals surface area (Å²) in [5, 5.41) is 15.6. The summed E-state index contributed by atoms with van der Waals surface area (Å²) >= 11 is 0. The summed E-state index contributed by atoms with van der Waals surface area (Å²) in [7, 11) is 0. The molecule has 0 aliphatic rings. The number of rotatable bonds is 12. The van der Waals surface area contributed by atoms with E-state index in [-0.39, 0.29) is 30.2 Å². The lowest BCUT2D eigenvalue weighted by atomic mass is 9.96. The number of benzene rings is 2. The summed E-state index contributed by atoms with van der Waals surface area (Å²) < 4.78 is 5.49. The fourth-order valence-electron chi connectivity index (χ4n) is 4.60. The van der Waals surface area contributed by atoms with E-state index in [4.69, 9.17) is 4.74 Å². The zero-order valence-electron chi connectivity index (χ0n) is 25.3. The third-order valence-electron chi connectivity index (χ3n) is 6.68. The van der Waals surface area contributed by atoms with E-state index < -0.39 is 29.7 Å². The summed E-state index contributed by atoms with van der Waals surface area (Å²) in [6.07, 6.45) is 1.76. The molecule has 4 atom stereocenters. The molecule has 40 heavy (non-hydrogen) atoms. The van der Waals surface area contributed by atoms with Gasteiger partial charge in [-0.15, -0.1) is 0 Å². The van der Waals surface area contributed by atoms with Gasteiger partial charge in [-0.3, -0.25) is 9.59 Å². The highest BCUT2D eigenvalue weighted by molar-refractivity contribution is 5.92. The molecule has 0 aliphatic carbocycles. The average Bonchev–Trinajstić information content (AvgIpc) is 2.86. The molecular weight excluding hydrogens is 506 g/mol. The first-order chi connectivity index (χ1) is 18.7. The van der Waals surface area contributed by atoms with E-state index in [9.17, 15) is 19.5 Å². The highest BCUT2D eigenvalue weighted by Crippen LogP contribution is 2.28. The van der Waals surface area contributed by atoms with E-state index in [1.807, 2.05) is 52.0 Å². The predicted octanol–water partition coefficient (Wildman–Crippen LogP) is 5.81. The van der Waals surface area contributed by atoms with Crippen molar-refractivity contribution in [3.8, 4) is 5.75 Å². The lowest BCUT2D eigenvalue weighted by Crippen LogP contribution is -2.56. The standard InChI is InChI=1S/C32H47N3O5/c1-9-12-22(4)33-29(37)28(25-14-11-13-21(3)19-25)35(23(5)10-2)30(38)27(34-31(39)40-32(6,7)8)20-24-15-17-26(36)18-16-24/h11,13-19,22-23,27-28,36H,9-10,12,20H2,1-8H3,(H,33,37)(H,34,39). The molecule has 2 aromatic rings. The Kier molecular flexibility index (Phi) is 12.0. The molecule has 0 bridgehead atoms. The van der Waals surface area contributed by atoms with Gasteiger partial charge < -0.3 is 25.4 Å². The van der Waals surface area contributed by atoms with Crippen LogP contribution in [0.3, 0.4) is 0 Å². The van der Waals surface area contributed by atoms with Crippen LogP contribution >= 0.6 is 0 Å². The Morgan fingerprint density at radius 3 is 2.20 bits per heavy atom. The van der Waals surface area contributed by atoms with E-state index in [0.717, 1.165) is 24.0 Å². The number of nitrogens with zero attached hydrogens (tertiary/aromatic N) is 1. The van der Waals surface area contributed by atoms with Crippen LogP contribution in [0.15, 0.2) is 48.5 Å². The quantitative estimate of drug-likeness (QED) is 0.307. The summed E-state index contributed by atoms with van der Waals surface area (Å²) in [6, 6.07) is 11.8. The predicted molar refractivity (Wildman–Crippen MR) is 158 cm³/mol. The van der Waals surface area contributed by atoms with Crippen molar-refractivity contribution in [3.05, 3.63) is 65.2 Å². The Labute approximate surface area is 239 Å². The van der Waals surface area contributed by atoms with Crippen LogP contribution in [0.4, 0.5) is 4.79 Å². The van der Waals surface area contributed by atoms with Gasteiger partial charge in [0.05, 0.1) is 0 Å². The zero-order valence-corrected chi connectivity index (χ0v) is 25.3. The fourth-order valence-corrected chi connectivity index (χ4v) is 4.60. The van der Waals surface area contributed by atoms with Crippen molar-refractivity contribution in [2.45, 2.75) is 111 Å². The van der Waals surface area contributed by atoms with Crippen molar-refractivity contribution in [2.75, 3.05) is 0 Å². The van der Waals surface area contributed by atoms with Crippen molar-refractivity contribution >= 4 is 17.9 Å². The molecule has 3 amide bonds. The molecule has 0 fully saturated rings. The van der Waals surface area contributed by atoms with Gasteiger partial charge in [-0.2, -0.15) is 0 Å². The van der Waals surface area contributed by atoms with E-state index in [1.165, 1.54) is 12.1 Å². The molecule has 0 aromatic heterocycles. The zero-order chi connectivity index (χ0) is 30.0. The Balaban J connectivity index is 2.59. The Hall–Kier alpha value is -3.55. The monoisotopic (exact) mass is 553 g/mol. The number of ether oxygens (including phenoxy) is 1. The fraction of sp³-hybridized carbons (Fsp3) is 0.531. The summed E-state index contributed by atoms with van der Waals surface area (Å²) in [5.74, 6) is -0.552. The molecule has 0 aliphatic heterocycles. The molecule has 0 radical (unpaired) electrons. The van der Waals surface area contributed by atoms with E-state index in [2.05, 4.69) is 17.6 Å². The highest BCUT2D eigenvalue weighted by atomic mass is 16.6. The molecule has 0 saturated heterocycles. The first-order valence-corrected chi connectivity index (χ1v) is 14.2. The van der Waals surface area contributed by atoms with E-state index in [1.54, 1.807) is 37.8 Å². The molecule has 8 nitrogen and oxygen atoms in total. The first kappa shape index (κ1) is 32.7. The number of aryl methyl sites for hydroxylation is 1. The maximum Gasteiger partial charge on any atom is 0.408 e. The second-order valence-corrected chi connectivity index (χ2v) is 11.6. The smallest absolute Gasteiger partial charge is 0.408 e. The molecule has 0 saturated carbocycles. The van der Waals surface area contributed by atoms with Crippen LogP contribution in [0.25, 0.3) is 0 Å². The Bertz CT molecular complexity index is 1130. The maximum absolute atomic E-state index is 14.5. The van der Waals surface area contributed by atoms with Gasteiger partial charge in [-0.1, -0.05) is 62.2 Å². The van der Waals surface area contributed by atoms with Crippen LogP contribution in [-0.4, -0.2) is 51.6 Å². The number of nitrogens with one attached hydrogen (secondary N) is 2. The minimum absolute atomic E-state index is 0.0635. The van der Waals surface area contributed by atoms with Gasteiger partial charge in [0.25, 0.3) is 0 Å². The van der Waals surface area contributed by atoms with Crippen LogP contribution < -0.4 is 10.6 Å². The van der Waals surface area contributed by atoms with Crippen LogP contribution in [0.1, 0.15) is 90.5 Å². The van der Waals surface area contributed by atoms with Gasteiger partial charge in [-0.25, -0.2) is 4.79 Å². The lowest BCUT2D eigenvalue weighted by molar-refractivity contribution is -0.145. The molecule has 2 aromatic carbocycles. The van der Waals surface area contributed by atoms with Crippen molar-refractivity contribution in [2.24, 2.45) is 0 Å². The van der Waals surface area contributed by atoms with Gasteiger partial charge in [0.15, 0.2) is 0 Å². The summed E-state index contributed by atoms with van der Waals surface area (Å²) in [4.78, 5) is 42.8. The van der Waals surface area contributed by atoms with Crippen molar-refractivity contribution < 1.29 is 24.2 Å². The van der Waals surface area contributed by atoms with Gasteiger partial charge in [0.1, 0.15) is 23.4 Å². The number of hydrogen-bond donors (Lipinski definition) is 3. The largest absolute Gasteiger partial charge is 0.508 e. The van der Waals surface area contributed by atoms with Gasteiger partial charge in [0.2, 0.25) is 11.8 Å². The number of carbonyl (C=O) groups is 3. The van der Waals surface area contributed by atoms with Gasteiger partial charge >= 0.3 is 6.09 Å². The van der Waals surface area contributed by atoms with Crippen LogP contribution in [-0.2, 0) is 20.7 Å². The summed E-state index contributed by atoms with van der Waals surface area (Å²) in [6.45, 7) is 15.1. The van der Waals surface area contributed by atoms with Crippen molar-refractivity contribution in [1.82, 2.24) is 15.5 Å². The number of phenolic OH excluding ortho intramolecular Hbond substituents is 1. The Morgan fingerprint density at radius 2 is 1.65 bits per heavy atom. The van der Waals surface area contributed by atoms with Crippen molar-refractivity contribution in [1.29, 1.82) is 0 Å². The molecule has 220 valence electrons. The lowest BCUT2D eigenvalue weighted by Gasteiger charge is -2.38. The molecule has 8 heteroatoms. The van der Waals surface area contributed by atoms with Crippen LogP contribution in [0, 0.1) is 6.92 Å². The average molecular weight is 554 g/mol. The number of aromatic hydroxyl groups is 1. The van der Waals surface area contributed by atoms with E-state index >= 15 is 0 Å². The number of carbonyl (C=O) groups excluding carboxylic acids is 3. The molecular formula is C32H47N3O5. The van der Waals surface area contributed by atoms with Crippen LogP contribution in [0.2, 0.25) is 0 Å². The minimum Gasteiger partial charge on any atom is -0.508 e. The second-order valence-electron chi connectivity index (χ2n) is 11.6. The second kappa shape index (κ2) is 14.7. The molecule has 4 unspecified atom stereocenters. The molecule has 3 N–H and O–H groups in total. The SMILES string of the molecule is CCCC(C)NC(=O)C(c1cccc(C)c1)N(C(=O)C(Cc1ccc(O)cc1)NC(=O)OC(C)(C)C)C(C)CC. The molecule has 2 rings (SSSR count). The number of phenols is 1. The Morgan fingerprint density at radius 1 is 1.00 bits per heavy atom. The summed E-state index contributed by atoms with van der Waals surface area (Å²) in [5.41, 5.74) is 1.66. The van der Waals surface area contributed by atoms with Crippen LogP contribution in [0.5, 0.6) is 5.75 Å². The van der Waals surface area contributed by atoms with E-state index in [0.29, 0.717) is 12.0 Å². The number of alkyl carbamates (subject to hydrolysis) is 1. The number of hydrogen-bond acceptors (Lipinski definition) is 5.